The number of benzene rings is 1. The molecule has 3 amide bonds. The van der Waals surface area contributed by atoms with E-state index in [1.54, 1.807) is 18.2 Å². The third kappa shape index (κ3) is 4.04. The van der Waals surface area contributed by atoms with Crippen molar-refractivity contribution in [2.75, 3.05) is 13.2 Å². The van der Waals surface area contributed by atoms with Crippen molar-refractivity contribution >= 4 is 12.1 Å². The van der Waals surface area contributed by atoms with Gasteiger partial charge in [0.15, 0.2) is 0 Å². The number of ether oxygens (including phenoxy) is 2. The van der Waals surface area contributed by atoms with Crippen LogP contribution in [0.5, 0.6) is 5.75 Å². The molecule has 1 aromatic rings. The van der Waals surface area contributed by atoms with Crippen molar-refractivity contribution in [2.45, 2.75) is 50.8 Å². The number of hydrogen-bond donors (Lipinski definition) is 2. The summed E-state index contributed by atoms with van der Waals surface area (Å²) < 4.78 is 10.7. The molecule has 0 bridgehead atoms. The van der Waals surface area contributed by atoms with E-state index < -0.39 is 12.1 Å². The standard InChI is InChI=1S/C18H24N2O5/c1-2-13-10-16(12-5-3-6-14(21)9-12)19-17(22)20(13)18(23)25-11-15-7-4-8-24-15/h3,5-6,9,13,15-16,21H,2,4,7-8,10-11H2,1H3,(H,19,22). The van der Waals surface area contributed by atoms with Crippen LogP contribution in [0, 0.1) is 0 Å². The first-order valence-electron chi connectivity index (χ1n) is 8.75. The molecule has 7 heteroatoms. The molecule has 3 rings (SSSR count). The molecule has 2 heterocycles. The number of hydrogen-bond acceptors (Lipinski definition) is 5. The summed E-state index contributed by atoms with van der Waals surface area (Å²) in [7, 11) is 0. The summed E-state index contributed by atoms with van der Waals surface area (Å²) in [5.41, 5.74) is 0.819. The SMILES string of the molecule is CCC1CC(c2cccc(O)c2)NC(=O)N1C(=O)OCC1CCCO1. The average molecular weight is 348 g/mol. The Bertz CT molecular complexity index is 630. The van der Waals surface area contributed by atoms with Crippen molar-refractivity contribution < 1.29 is 24.2 Å². The summed E-state index contributed by atoms with van der Waals surface area (Å²) in [4.78, 5) is 26.0. The summed E-state index contributed by atoms with van der Waals surface area (Å²) in [6.07, 6.45) is 2.34. The van der Waals surface area contributed by atoms with E-state index in [2.05, 4.69) is 5.32 Å². The minimum Gasteiger partial charge on any atom is -0.508 e. The molecule has 2 aliphatic heterocycles. The first-order valence-corrected chi connectivity index (χ1v) is 8.75. The third-order valence-corrected chi connectivity index (χ3v) is 4.75. The fourth-order valence-corrected chi connectivity index (χ4v) is 3.37. The highest BCUT2D eigenvalue weighted by Crippen LogP contribution is 2.29. The Hall–Kier alpha value is -2.28. The van der Waals surface area contributed by atoms with Gasteiger partial charge in [-0.05, 0) is 43.4 Å². The summed E-state index contributed by atoms with van der Waals surface area (Å²) in [5, 5.41) is 12.5. The number of rotatable bonds is 4. The Balaban J connectivity index is 1.65. The number of carbonyl (C=O) groups excluding carboxylic acids is 2. The zero-order chi connectivity index (χ0) is 17.8. The van der Waals surface area contributed by atoms with E-state index >= 15 is 0 Å². The van der Waals surface area contributed by atoms with Crippen LogP contribution >= 0.6 is 0 Å². The lowest BCUT2D eigenvalue weighted by Crippen LogP contribution is -2.56. The maximum atomic E-state index is 12.5. The number of urea groups is 1. The highest BCUT2D eigenvalue weighted by Gasteiger charge is 2.38. The lowest BCUT2D eigenvalue weighted by Gasteiger charge is -2.37. The number of imide groups is 1. The molecule has 25 heavy (non-hydrogen) atoms. The number of nitrogens with zero attached hydrogens (tertiary/aromatic N) is 1. The predicted octanol–water partition coefficient (Wildman–Crippen LogP) is 2.94. The number of carbonyl (C=O) groups is 2. The number of nitrogens with one attached hydrogen (secondary N) is 1. The number of phenols is 1. The Labute approximate surface area is 146 Å². The Morgan fingerprint density at radius 1 is 1.48 bits per heavy atom. The van der Waals surface area contributed by atoms with Crippen molar-refractivity contribution in [1.82, 2.24) is 10.2 Å². The second kappa shape index (κ2) is 7.74. The minimum atomic E-state index is -0.630. The van der Waals surface area contributed by atoms with Gasteiger partial charge in [0.1, 0.15) is 12.4 Å². The summed E-state index contributed by atoms with van der Waals surface area (Å²) >= 11 is 0. The Kier molecular flexibility index (Phi) is 5.43. The van der Waals surface area contributed by atoms with Gasteiger partial charge in [0.05, 0.1) is 12.1 Å². The van der Waals surface area contributed by atoms with Crippen LogP contribution in [-0.2, 0) is 9.47 Å². The molecule has 0 aromatic heterocycles. The van der Waals surface area contributed by atoms with E-state index in [0.717, 1.165) is 23.3 Å². The van der Waals surface area contributed by atoms with Gasteiger partial charge in [0.2, 0.25) is 0 Å². The topological polar surface area (TPSA) is 88.1 Å². The lowest BCUT2D eigenvalue weighted by molar-refractivity contribution is 0.0260. The maximum Gasteiger partial charge on any atom is 0.418 e. The minimum absolute atomic E-state index is 0.0723. The number of phenolic OH excluding ortho intramolecular Hbond substituents is 1. The second-order valence-electron chi connectivity index (χ2n) is 6.48. The molecule has 0 spiro atoms. The van der Waals surface area contributed by atoms with Crippen molar-refractivity contribution in [3.8, 4) is 5.75 Å². The van der Waals surface area contributed by atoms with Gasteiger partial charge in [-0.1, -0.05) is 19.1 Å². The molecule has 3 atom stereocenters. The van der Waals surface area contributed by atoms with Crippen molar-refractivity contribution in [3.63, 3.8) is 0 Å². The molecule has 7 nitrogen and oxygen atoms in total. The molecule has 2 fully saturated rings. The van der Waals surface area contributed by atoms with Gasteiger partial charge in [-0.3, -0.25) is 0 Å². The Morgan fingerprint density at radius 3 is 3.00 bits per heavy atom. The summed E-state index contributed by atoms with van der Waals surface area (Å²) in [5.74, 6) is 0.151. The average Bonchev–Trinajstić information content (AvgIpc) is 3.12. The fraction of sp³-hybridized carbons (Fsp3) is 0.556. The van der Waals surface area contributed by atoms with Gasteiger partial charge in [-0.2, -0.15) is 0 Å². The monoisotopic (exact) mass is 348 g/mol. The van der Waals surface area contributed by atoms with Crippen LogP contribution in [0.1, 0.15) is 44.2 Å². The number of aromatic hydroxyl groups is 1. The van der Waals surface area contributed by atoms with E-state index in [-0.39, 0.29) is 30.5 Å². The van der Waals surface area contributed by atoms with Gasteiger partial charge in [0, 0.05) is 12.6 Å². The zero-order valence-electron chi connectivity index (χ0n) is 14.3. The van der Waals surface area contributed by atoms with Crippen LogP contribution in [0.3, 0.4) is 0 Å². The van der Waals surface area contributed by atoms with Crippen LogP contribution in [0.4, 0.5) is 9.59 Å². The molecule has 3 unspecified atom stereocenters. The van der Waals surface area contributed by atoms with Crippen LogP contribution in [0.15, 0.2) is 24.3 Å². The molecule has 1 aromatic carbocycles. The molecule has 2 N–H and O–H groups in total. The van der Waals surface area contributed by atoms with E-state index in [4.69, 9.17) is 9.47 Å². The molecular formula is C18H24N2O5. The van der Waals surface area contributed by atoms with E-state index in [0.29, 0.717) is 19.4 Å². The molecule has 136 valence electrons. The van der Waals surface area contributed by atoms with Crippen LogP contribution in [0.25, 0.3) is 0 Å². The van der Waals surface area contributed by atoms with E-state index in [1.165, 1.54) is 0 Å². The first-order chi connectivity index (χ1) is 12.1. The van der Waals surface area contributed by atoms with Crippen molar-refractivity contribution in [1.29, 1.82) is 0 Å². The molecule has 0 saturated carbocycles. The van der Waals surface area contributed by atoms with E-state index in [9.17, 15) is 14.7 Å². The smallest absolute Gasteiger partial charge is 0.418 e. The number of amides is 3. The summed E-state index contributed by atoms with van der Waals surface area (Å²) in [6, 6.07) is 5.83. The lowest BCUT2D eigenvalue weighted by atomic mass is 9.95. The largest absolute Gasteiger partial charge is 0.508 e. The van der Waals surface area contributed by atoms with Crippen molar-refractivity contribution in [2.24, 2.45) is 0 Å². The van der Waals surface area contributed by atoms with Gasteiger partial charge in [0.25, 0.3) is 0 Å². The van der Waals surface area contributed by atoms with Gasteiger partial charge in [-0.15, -0.1) is 0 Å². The molecule has 2 saturated heterocycles. The van der Waals surface area contributed by atoms with Crippen LogP contribution in [0.2, 0.25) is 0 Å². The van der Waals surface area contributed by atoms with Gasteiger partial charge in [-0.25, -0.2) is 14.5 Å². The normalized spacial score (nSPS) is 26.4. The second-order valence-corrected chi connectivity index (χ2v) is 6.48. The maximum absolute atomic E-state index is 12.5. The van der Waals surface area contributed by atoms with Crippen LogP contribution in [-0.4, -0.2) is 47.5 Å². The highest BCUT2D eigenvalue weighted by molar-refractivity contribution is 5.92. The zero-order valence-corrected chi connectivity index (χ0v) is 14.3. The summed E-state index contributed by atoms with van der Waals surface area (Å²) in [6.45, 7) is 2.80. The molecular weight excluding hydrogens is 324 g/mol. The molecule has 0 aliphatic carbocycles. The van der Waals surface area contributed by atoms with Crippen molar-refractivity contribution in [3.05, 3.63) is 29.8 Å². The van der Waals surface area contributed by atoms with Gasteiger partial charge >= 0.3 is 12.1 Å². The Morgan fingerprint density at radius 2 is 2.32 bits per heavy atom. The highest BCUT2D eigenvalue weighted by atomic mass is 16.6. The fourth-order valence-electron chi connectivity index (χ4n) is 3.37. The van der Waals surface area contributed by atoms with Crippen LogP contribution < -0.4 is 5.32 Å². The predicted molar refractivity (Wildman–Crippen MR) is 90.2 cm³/mol. The van der Waals surface area contributed by atoms with E-state index in [1.807, 2.05) is 13.0 Å². The van der Waals surface area contributed by atoms with Gasteiger partial charge < -0.3 is 19.9 Å². The first kappa shape index (κ1) is 17.5. The third-order valence-electron chi connectivity index (χ3n) is 4.75. The molecule has 2 aliphatic rings. The quantitative estimate of drug-likeness (QED) is 0.873. The molecule has 0 radical (unpaired) electrons.